The highest BCUT2D eigenvalue weighted by molar-refractivity contribution is 7.98. The van der Waals surface area contributed by atoms with E-state index in [0.29, 0.717) is 10.8 Å². The third-order valence-corrected chi connectivity index (χ3v) is 5.31. The van der Waals surface area contributed by atoms with Gasteiger partial charge in [-0.2, -0.15) is 0 Å². The molecule has 0 aliphatic heterocycles. The molecule has 0 atom stereocenters. The molecule has 20 heavy (non-hydrogen) atoms. The van der Waals surface area contributed by atoms with Crippen molar-refractivity contribution in [3.05, 3.63) is 51.2 Å². The highest BCUT2D eigenvalue weighted by Gasteiger charge is 2.11. The standard InChI is InChI=1S/C16H18O2S2/c1-10(2)12-4-6-14(7-5-12)19-9-13-8-15(16(17)18)20-11(13)3/h4-8,10H,9H2,1-3H3,(H,17,18). The maximum atomic E-state index is 10.9. The summed E-state index contributed by atoms with van der Waals surface area (Å²) in [5.41, 5.74) is 2.46. The summed E-state index contributed by atoms with van der Waals surface area (Å²) >= 11 is 3.10. The Kier molecular flexibility index (Phi) is 4.89. The van der Waals surface area contributed by atoms with Crippen molar-refractivity contribution in [1.82, 2.24) is 0 Å². The number of aryl methyl sites for hydroxylation is 1. The fraction of sp³-hybridized carbons (Fsp3) is 0.312. The molecule has 1 heterocycles. The second kappa shape index (κ2) is 6.46. The first-order valence-corrected chi connectivity index (χ1v) is 8.33. The van der Waals surface area contributed by atoms with Gasteiger partial charge in [-0.1, -0.05) is 26.0 Å². The SMILES string of the molecule is Cc1sc(C(=O)O)cc1CSc1ccc(C(C)C)cc1. The minimum absolute atomic E-state index is 0.424. The van der Waals surface area contributed by atoms with E-state index in [1.807, 2.05) is 6.92 Å². The molecule has 4 heteroatoms. The number of carboxylic acids is 1. The van der Waals surface area contributed by atoms with Crippen molar-refractivity contribution in [2.45, 2.75) is 37.3 Å². The lowest BCUT2D eigenvalue weighted by molar-refractivity contribution is 0.0702. The van der Waals surface area contributed by atoms with Crippen LogP contribution in [0.1, 0.15) is 45.4 Å². The van der Waals surface area contributed by atoms with Gasteiger partial charge >= 0.3 is 5.97 Å². The molecule has 0 saturated heterocycles. The lowest BCUT2D eigenvalue weighted by Gasteiger charge is -2.06. The molecule has 1 aromatic heterocycles. The van der Waals surface area contributed by atoms with Gasteiger partial charge in [-0.05, 0) is 42.2 Å². The van der Waals surface area contributed by atoms with E-state index in [9.17, 15) is 4.79 Å². The maximum absolute atomic E-state index is 10.9. The van der Waals surface area contributed by atoms with Crippen molar-refractivity contribution in [2.24, 2.45) is 0 Å². The molecule has 1 aromatic carbocycles. The zero-order valence-corrected chi connectivity index (χ0v) is 13.5. The van der Waals surface area contributed by atoms with E-state index in [1.165, 1.54) is 21.8 Å². The summed E-state index contributed by atoms with van der Waals surface area (Å²) in [5.74, 6) is 0.526. The van der Waals surface area contributed by atoms with Gasteiger partial charge in [0.1, 0.15) is 4.88 Å². The molecule has 106 valence electrons. The molecule has 2 rings (SSSR count). The second-order valence-corrected chi connectivity index (χ2v) is 7.31. The number of aromatic carboxylic acids is 1. The summed E-state index contributed by atoms with van der Waals surface area (Å²) < 4.78 is 0. The van der Waals surface area contributed by atoms with Gasteiger partial charge in [0.15, 0.2) is 0 Å². The zero-order valence-electron chi connectivity index (χ0n) is 11.8. The number of carbonyl (C=O) groups is 1. The van der Waals surface area contributed by atoms with E-state index >= 15 is 0 Å². The van der Waals surface area contributed by atoms with Gasteiger partial charge in [0.25, 0.3) is 0 Å². The average Bonchev–Trinajstić information content (AvgIpc) is 2.78. The normalized spacial score (nSPS) is 11.0. The first-order valence-electron chi connectivity index (χ1n) is 6.52. The highest BCUT2D eigenvalue weighted by atomic mass is 32.2. The Morgan fingerprint density at radius 3 is 2.45 bits per heavy atom. The molecule has 0 radical (unpaired) electrons. The van der Waals surface area contributed by atoms with Crippen molar-refractivity contribution in [3.8, 4) is 0 Å². The van der Waals surface area contributed by atoms with Crippen LogP contribution < -0.4 is 0 Å². The minimum atomic E-state index is -0.837. The maximum Gasteiger partial charge on any atom is 0.345 e. The molecule has 0 saturated carbocycles. The molecule has 2 aromatic rings. The number of thioether (sulfide) groups is 1. The van der Waals surface area contributed by atoms with Gasteiger partial charge in [-0.3, -0.25) is 0 Å². The molecule has 0 bridgehead atoms. The summed E-state index contributed by atoms with van der Waals surface area (Å²) in [7, 11) is 0. The largest absolute Gasteiger partial charge is 0.477 e. The van der Waals surface area contributed by atoms with E-state index in [0.717, 1.165) is 16.2 Å². The fourth-order valence-electron chi connectivity index (χ4n) is 1.88. The van der Waals surface area contributed by atoms with Crippen molar-refractivity contribution in [2.75, 3.05) is 0 Å². The molecule has 0 unspecified atom stereocenters. The average molecular weight is 306 g/mol. The number of hydrogen-bond acceptors (Lipinski definition) is 3. The second-order valence-electron chi connectivity index (χ2n) is 5.01. The molecule has 0 spiro atoms. The van der Waals surface area contributed by atoms with E-state index in [4.69, 9.17) is 5.11 Å². The molecular formula is C16H18O2S2. The number of carboxylic acid groups (broad SMARTS) is 1. The third-order valence-electron chi connectivity index (χ3n) is 3.17. The lowest BCUT2D eigenvalue weighted by Crippen LogP contribution is -1.90. The van der Waals surface area contributed by atoms with Gasteiger partial charge in [-0.15, -0.1) is 23.1 Å². The predicted molar refractivity (Wildman–Crippen MR) is 86.1 cm³/mol. The summed E-state index contributed by atoms with van der Waals surface area (Å²) in [4.78, 5) is 13.7. The van der Waals surface area contributed by atoms with Crippen LogP contribution in [0.4, 0.5) is 0 Å². The van der Waals surface area contributed by atoms with Crippen LogP contribution in [0.25, 0.3) is 0 Å². The molecule has 0 fully saturated rings. The lowest BCUT2D eigenvalue weighted by atomic mass is 10.0. The van der Waals surface area contributed by atoms with Crippen LogP contribution in [0.2, 0.25) is 0 Å². The first kappa shape index (κ1) is 15.1. The summed E-state index contributed by atoms with van der Waals surface area (Å²) in [6.45, 7) is 6.35. The van der Waals surface area contributed by atoms with E-state index in [-0.39, 0.29) is 0 Å². The molecular weight excluding hydrogens is 288 g/mol. The van der Waals surface area contributed by atoms with Gasteiger partial charge in [0.2, 0.25) is 0 Å². The van der Waals surface area contributed by atoms with Gasteiger partial charge in [0, 0.05) is 15.5 Å². The quantitative estimate of drug-likeness (QED) is 0.774. The highest BCUT2D eigenvalue weighted by Crippen LogP contribution is 2.29. The third kappa shape index (κ3) is 3.64. The van der Waals surface area contributed by atoms with Gasteiger partial charge in [-0.25, -0.2) is 4.79 Å². The molecule has 0 amide bonds. The van der Waals surface area contributed by atoms with Gasteiger partial charge < -0.3 is 5.11 Å². The smallest absolute Gasteiger partial charge is 0.345 e. The van der Waals surface area contributed by atoms with E-state index in [2.05, 4.69) is 38.1 Å². The number of rotatable bonds is 5. The fourth-order valence-corrected chi connectivity index (χ4v) is 3.80. The van der Waals surface area contributed by atoms with E-state index < -0.39 is 5.97 Å². The summed E-state index contributed by atoms with van der Waals surface area (Å²) in [5, 5.41) is 8.99. The summed E-state index contributed by atoms with van der Waals surface area (Å²) in [6.07, 6.45) is 0. The van der Waals surface area contributed by atoms with Crippen LogP contribution in [0.5, 0.6) is 0 Å². The minimum Gasteiger partial charge on any atom is -0.477 e. The van der Waals surface area contributed by atoms with Crippen LogP contribution in [0.3, 0.4) is 0 Å². The summed E-state index contributed by atoms with van der Waals surface area (Å²) in [6, 6.07) is 10.4. The Bertz CT molecular complexity index is 597. The van der Waals surface area contributed by atoms with Crippen LogP contribution >= 0.6 is 23.1 Å². The Balaban J connectivity index is 2.03. The molecule has 1 N–H and O–H groups in total. The Labute approximate surface area is 127 Å². The van der Waals surface area contributed by atoms with Crippen molar-refractivity contribution in [3.63, 3.8) is 0 Å². The molecule has 2 nitrogen and oxygen atoms in total. The number of benzene rings is 1. The number of hydrogen-bond donors (Lipinski definition) is 1. The van der Waals surface area contributed by atoms with Crippen LogP contribution in [-0.2, 0) is 5.75 Å². The number of thiophene rings is 1. The molecule has 0 aliphatic carbocycles. The van der Waals surface area contributed by atoms with Crippen LogP contribution in [0, 0.1) is 6.92 Å². The molecule has 0 aliphatic rings. The van der Waals surface area contributed by atoms with Crippen LogP contribution in [-0.4, -0.2) is 11.1 Å². The Morgan fingerprint density at radius 1 is 1.30 bits per heavy atom. The van der Waals surface area contributed by atoms with E-state index in [1.54, 1.807) is 17.8 Å². The topological polar surface area (TPSA) is 37.3 Å². The van der Waals surface area contributed by atoms with Crippen molar-refractivity contribution < 1.29 is 9.90 Å². The monoisotopic (exact) mass is 306 g/mol. The first-order chi connectivity index (χ1) is 9.47. The Morgan fingerprint density at radius 2 is 1.95 bits per heavy atom. The van der Waals surface area contributed by atoms with Crippen molar-refractivity contribution >= 4 is 29.1 Å². The zero-order chi connectivity index (χ0) is 14.7. The van der Waals surface area contributed by atoms with Crippen LogP contribution in [0.15, 0.2) is 35.2 Å². The van der Waals surface area contributed by atoms with Gasteiger partial charge in [0.05, 0.1) is 0 Å². The van der Waals surface area contributed by atoms with Crippen molar-refractivity contribution in [1.29, 1.82) is 0 Å². The Hall–Kier alpha value is -1.26. The predicted octanol–water partition coefficient (Wildman–Crippen LogP) is 5.17.